The van der Waals surface area contributed by atoms with Gasteiger partial charge in [0, 0.05) is 46.5 Å². The molecule has 3 aromatic carbocycles. The van der Waals surface area contributed by atoms with Gasteiger partial charge in [-0.3, -0.25) is 20.0 Å². The summed E-state index contributed by atoms with van der Waals surface area (Å²) < 4.78 is 0. The van der Waals surface area contributed by atoms with Crippen molar-refractivity contribution in [2.45, 2.75) is 54.4 Å². The topological polar surface area (TPSA) is 50.5 Å². The fourth-order valence-corrected chi connectivity index (χ4v) is 5.47. The third-order valence-electron chi connectivity index (χ3n) is 7.73. The number of aromatic nitrogens is 2. The van der Waals surface area contributed by atoms with Crippen LogP contribution in [-0.2, 0) is 34.1 Å². The van der Waals surface area contributed by atoms with Gasteiger partial charge < -0.3 is 0 Å². The van der Waals surface area contributed by atoms with Gasteiger partial charge in [-0.15, -0.1) is 67.9 Å². The molecule has 0 fully saturated rings. The third-order valence-corrected chi connectivity index (χ3v) is 7.73. The summed E-state index contributed by atoms with van der Waals surface area (Å²) in [7, 11) is 0. The van der Waals surface area contributed by atoms with Crippen LogP contribution in [-0.4, -0.2) is 22.4 Å². The van der Waals surface area contributed by atoms with Crippen molar-refractivity contribution in [1.29, 1.82) is 0 Å². The molecule has 0 atom stereocenters. The van der Waals surface area contributed by atoms with Gasteiger partial charge in [0.15, 0.2) is 0 Å². The number of pyridine rings is 2. The van der Waals surface area contributed by atoms with E-state index in [-0.39, 0.29) is 102 Å². The van der Waals surface area contributed by atoms with Gasteiger partial charge >= 0.3 is 0 Å². The monoisotopic (exact) mass is 996 g/mol. The molecule has 264 valence electrons. The van der Waals surface area contributed by atoms with E-state index >= 15 is 0 Å². The van der Waals surface area contributed by atoms with Gasteiger partial charge in [0.05, 0.1) is 35.2 Å². The van der Waals surface area contributed by atoms with Crippen molar-refractivity contribution in [3.8, 4) is 22.3 Å². The standard InChI is InChI=1S/C38H38N4.4BrH.2Cu/c1-24(2)30-20-35(31-16-25(3)37(26(4)17-31)41-22-33-12-8-10-14-39-33)29(7)36(21-30)32-18-27(5)38(28(6)19-32)42-23-34-13-9-11-15-40-34;;;;;;/h8-24H,1-7H3;4*1H;;. The van der Waals surface area contributed by atoms with Crippen LogP contribution < -0.4 is 0 Å². The minimum atomic E-state index is 0. The largest absolute Gasteiger partial charge is 0.255 e. The van der Waals surface area contributed by atoms with Crippen molar-refractivity contribution < 1.29 is 34.1 Å². The second-order valence-corrected chi connectivity index (χ2v) is 11.3. The van der Waals surface area contributed by atoms with Crippen LogP contribution in [0.25, 0.3) is 22.3 Å². The molecule has 0 amide bonds. The molecule has 0 unspecified atom stereocenters. The molecule has 48 heavy (non-hydrogen) atoms. The van der Waals surface area contributed by atoms with Crippen LogP contribution in [0, 0.1) is 34.6 Å². The molecule has 4 nitrogen and oxygen atoms in total. The predicted octanol–water partition coefficient (Wildman–Crippen LogP) is 12.3. The predicted molar refractivity (Wildman–Crippen MR) is 219 cm³/mol. The number of aryl methyl sites for hydroxylation is 4. The second-order valence-electron chi connectivity index (χ2n) is 11.3. The molecule has 10 heteroatoms. The smallest absolute Gasteiger partial charge is 0.0812 e. The SMILES string of the molecule is Br.Br.Br.Br.Cc1cc(-c2cc(C(C)C)cc(-c3cc(C)c(N=Cc4ccccn4)c(C)c3)c2C)cc(C)c1N=Cc1ccccn1.[Cu].[Cu]. The summed E-state index contributed by atoms with van der Waals surface area (Å²) in [5.74, 6) is 0.400. The Balaban J connectivity index is 0. The first-order valence-electron chi connectivity index (χ1n) is 14.5. The van der Waals surface area contributed by atoms with Gasteiger partial charge in [-0.2, -0.15) is 0 Å². The summed E-state index contributed by atoms with van der Waals surface area (Å²) in [5, 5.41) is 0. The first-order chi connectivity index (χ1) is 20.2. The van der Waals surface area contributed by atoms with Crippen LogP contribution in [0.3, 0.4) is 0 Å². The molecule has 5 rings (SSSR count). The normalized spacial score (nSPS) is 10.2. The Morgan fingerprint density at radius 2 is 0.896 bits per heavy atom. The van der Waals surface area contributed by atoms with E-state index < -0.39 is 0 Å². The minimum Gasteiger partial charge on any atom is -0.255 e. The summed E-state index contributed by atoms with van der Waals surface area (Å²) >= 11 is 0. The molecule has 0 aliphatic rings. The first-order valence-corrected chi connectivity index (χ1v) is 14.5. The van der Waals surface area contributed by atoms with Crippen LogP contribution in [0.2, 0.25) is 0 Å². The molecule has 0 spiro atoms. The summed E-state index contributed by atoms with van der Waals surface area (Å²) in [5.41, 5.74) is 15.8. The molecule has 5 aromatic rings. The van der Waals surface area contributed by atoms with Gasteiger partial charge in [-0.25, -0.2) is 0 Å². The van der Waals surface area contributed by atoms with Gasteiger partial charge in [0.2, 0.25) is 0 Å². The van der Waals surface area contributed by atoms with Gasteiger partial charge in [0.1, 0.15) is 0 Å². The fourth-order valence-electron chi connectivity index (χ4n) is 5.47. The summed E-state index contributed by atoms with van der Waals surface area (Å²) in [6.07, 6.45) is 7.26. The van der Waals surface area contributed by atoms with Crippen molar-refractivity contribution in [1.82, 2.24) is 9.97 Å². The first kappa shape index (κ1) is 48.4. The van der Waals surface area contributed by atoms with E-state index in [2.05, 4.69) is 94.8 Å². The van der Waals surface area contributed by atoms with Gasteiger partial charge in [-0.1, -0.05) is 38.1 Å². The molecular formula is C38H42Br4Cu2N4. The zero-order valence-corrected chi connectivity index (χ0v) is 36.6. The number of rotatable bonds is 7. The van der Waals surface area contributed by atoms with Crippen LogP contribution in [0.5, 0.6) is 0 Å². The average Bonchev–Trinajstić information content (AvgIpc) is 2.97. The maximum Gasteiger partial charge on any atom is 0.0812 e. The maximum absolute atomic E-state index is 4.80. The molecule has 0 saturated heterocycles. The Hall–Kier alpha value is -1.74. The number of nitrogens with zero attached hydrogens (tertiary/aromatic N) is 4. The molecule has 2 heterocycles. The Kier molecular flexibility index (Phi) is 22.3. The van der Waals surface area contributed by atoms with E-state index in [9.17, 15) is 0 Å². The average molecular weight is 1000 g/mol. The Bertz CT molecular complexity index is 1640. The Labute approximate surface area is 349 Å². The Morgan fingerprint density at radius 3 is 1.19 bits per heavy atom. The molecule has 0 bridgehead atoms. The third kappa shape index (κ3) is 11.7. The van der Waals surface area contributed by atoms with E-state index in [0.29, 0.717) is 5.92 Å². The van der Waals surface area contributed by atoms with Crippen LogP contribution in [0.1, 0.15) is 64.5 Å². The molecule has 0 aliphatic carbocycles. The van der Waals surface area contributed by atoms with E-state index in [1.807, 2.05) is 48.8 Å². The summed E-state index contributed by atoms with van der Waals surface area (Å²) in [6, 6.07) is 25.5. The van der Waals surface area contributed by atoms with Crippen molar-refractivity contribution in [3.05, 3.63) is 130 Å². The number of benzene rings is 3. The summed E-state index contributed by atoms with van der Waals surface area (Å²) in [6.45, 7) is 15.3. The Morgan fingerprint density at radius 1 is 0.542 bits per heavy atom. The second kappa shape index (κ2) is 22.2. The van der Waals surface area contributed by atoms with Crippen molar-refractivity contribution in [2.75, 3.05) is 0 Å². The van der Waals surface area contributed by atoms with Gasteiger partial charge in [0.25, 0.3) is 0 Å². The van der Waals surface area contributed by atoms with E-state index in [1.54, 1.807) is 12.4 Å². The zero-order chi connectivity index (χ0) is 29.8. The number of aliphatic imine (C=N–C) groups is 2. The van der Waals surface area contributed by atoms with Crippen molar-refractivity contribution in [2.24, 2.45) is 9.98 Å². The zero-order valence-electron chi connectivity index (χ0n) is 27.8. The number of halogens is 4. The molecule has 0 saturated carbocycles. The van der Waals surface area contributed by atoms with Crippen LogP contribution >= 0.6 is 67.9 Å². The molecule has 0 N–H and O–H groups in total. The van der Waals surface area contributed by atoms with E-state index in [0.717, 1.165) is 45.0 Å². The fraction of sp³-hybridized carbons (Fsp3) is 0.211. The van der Waals surface area contributed by atoms with Crippen molar-refractivity contribution >= 4 is 91.7 Å². The molecule has 2 aromatic heterocycles. The maximum atomic E-state index is 4.80. The van der Waals surface area contributed by atoms with E-state index in [4.69, 9.17) is 9.98 Å². The van der Waals surface area contributed by atoms with Crippen LogP contribution in [0.15, 0.2) is 95.2 Å². The summed E-state index contributed by atoms with van der Waals surface area (Å²) in [4.78, 5) is 18.4. The molecular weight excluding hydrogens is 959 g/mol. The van der Waals surface area contributed by atoms with Crippen molar-refractivity contribution in [3.63, 3.8) is 0 Å². The van der Waals surface area contributed by atoms with E-state index in [1.165, 1.54) is 33.4 Å². The molecule has 0 aliphatic heterocycles. The number of hydrogen-bond donors (Lipinski definition) is 0. The minimum absolute atomic E-state index is 0. The van der Waals surface area contributed by atoms with Gasteiger partial charge in [-0.05, 0) is 145 Å². The quantitative estimate of drug-likeness (QED) is 0.120. The number of hydrogen-bond acceptors (Lipinski definition) is 4. The molecule has 2 radical (unpaired) electrons. The van der Waals surface area contributed by atoms with Crippen LogP contribution in [0.4, 0.5) is 11.4 Å².